The molecule has 0 amide bonds. The number of aryl methyl sites for hydroxylation is 1. The average molecular weight is 381 g/mol. The average Bonchev–Trinajstić information content (AvgIpc) is 2.64. The highest BCUT2D eigenvalue weighted by Crippen LogP contribution is 2.17. The first-order valence-corrected chi connectivity index (χ1v) is 11.2. The van der Waals surface area contributed by atoms with Crippen LogP contribution in [0.25, 0.3) is 0 Å². The van der Waals surface area contributed by atoms with E-state index in [1.165, 1.54) is 51.0 Å². The van der Waals surface area contributed by atoms with Crippen LogP contribution in [0.4, 0.5) is 4.39 Å². The van der Waals surface area contributed by atoms with Gasteiger partial charge in [0.15, 0.2) is 0 Å². The summed E-state index contributed by atoms with van der Waals surface area (Å²) in [4.78, 5) is 11.1. The Hall–Kier alpha value is -0.930. The van der Waals surface area contributed by atoms with E-state index in [9.17, 15) is 4.39 Å². The van der Waals surface area contributed by atoms with Gasteiger partial charge in [0.1, 0.15) is 5.82 Å². The second kappa shape index (κ2) is 16.1. The van der Waals surface area contributed by atoms with Crippen molar-refractivity contribution in [2.45, 2.75) is 116 Å². The van der Waals surface area contributed by atoms with Gasteiger partial charge in [-0.2, -0.15) is 0 Å². The van der Waals surface area contributed by atoms with Gasteiger partial charge in [0.05, 0.1) is 12.2 Å². The maximum atomic E-state index is 13.2. The van der Waals surface area contributed by atoms with E-state index >= 15 is 0 Å². The van der Waals surface area contributed by atoms with E-state index in [2.05, 4.69) is 6.92 Å². The lowest BCUT2D eigenvalue weighted by molar-refractivity contribution is -0.346. The van der Waals surface area contributed by atoms with Crippen molar-refractivity contribution in [3.63, 3.8) is 0 Å². The molecule has 0 radical (unpaired) electrons. The molecule has 0 heterocycles. The van der Waals surface area contributed by atoms with Crippen molar-refractivity contribution in [3.8, 4) is 0 Å². The molecular formula is C24H41FO2. The van der Waals surface area contributed by atoms with Gasteiger partial charge in [-0.25, -0.2) is 14.2 Å². The molecule has 0 fully saturated rings. The molecule has 1 aromatic rings. The zero-order chi connectivity index (χ0) is 19.7. The lowest BCUT2D eigenvalue weighted by Crippen LogP contribution is -2.16. The summed E-state index contributed by atoms with van der Waals surface area (Å²) in [5.74, 6) is -0.138. The lowest BCUT2D eigenvalue weighted by atomic mass is 10.0. The fourth-order valence-corrected chi connectivity index (χ4v) is 3.33. The highest BCUT2D eigenvalue weighted by Gasteiger charge is 2.11. The molecule has 27 heavy (non-hydrogen) atoms. The Morgan fingerprint density at radius 1 is 0.815 bits per heavy atom. The largest absolute Gasteiger partial charge is 0.234 e. The van der Waals surface area contributed by atoms with Crippen LogP contribution in [-0.4, -0.2) is 12.2 Å². The van der Waals surface area contributed by atoms with Crippen LogP contribution in [0.2, 0.25) is 0 Å². The summed E-state index contributed by atoms with van der Waals surface area (Å²) in [6.07, 6.45) is 16.0. The Balaban J connectivity index is 2.16. The topological polar surface area (TPSA) is 18.5 Å². The highest BCUT2D eigenvalue weighted by molar-refractivity contribution is 5.16. The third-order valence-corrected chi connectivity index (χ3v) is 4.89. The Bertz CT molecular complexity index is 461. The highest BCUT2D eigenvalue weighted by atomic mass is 19.1. The quantitative estimate of drug-likeness (QED) is 0.156. The summed E-state index contributed by atoms with van der Waals surface area (Å²) in [6.45, 7) is 6.27. The Kier molecular flexibility index (Phi) is 14.3. The van der Waals surface area contributed by atoms with Crippen LogP contribution in [0.15, 0.2) is 24.3 Å². The first-order valence-electron chi connectivity index (χ1n) is 11.2. The Morgan fingerprint density at radius 3 is 2.07 bits per heavy atom. The molecule has 2 nitrogen and oxygen atoms in total. The second-order valence-corrected chi connectivity index (χ2v) is 8.00. The van der Waals surface area contributed by atoms with E-state index < -0.39 is 0 Å². The summed E-state index contributed by atoms with van der Waals surface area (Å²) in [7, 11) is 0. The minimum atomic E-state index is -0.138. The zero-order valence-corrected chi connectivity index (χ0v) is 17.9. The van der Waals surface area contributed by atoms with Crippen molar-refractivity contribution in [1.29, 1.82) is 0 Å². The molecule has 0 spiro atoms. The van der Waals surface area contributed by atoms with Gasteiger partial charge in [0.2, 0.25) is 0 Å². The van der Waals surface area contributed by atoms with E-state index in [0.29, 0.717) is 0 Å². The predicted molar refractivity (Wildman–Crippen MR) is 112 cm³/mol. The second-order valence-electron chi connectivity index (χ2n) is 8.00. The standard InChI is InChI=1S/C24H41FO2/c1-4-5-6-7-8-9-12-18-24(27-26-21(2)3)19-13-10-11-15-22-16-14-17-23(25)20-22/h14,16-17,20-21,24H,4-13,15,18-19H2,1-3H3. The molecule has 0 aliphatic rings. The Morgan fingerprint density at radius 2 is 1.44 bits per heavy atom. The minimum Gasteiger partial charge on any atom is -0.234 e. The van der Waals surface area contributed by atoms with E-state index in [4.69, 9.17) is 9.78 Å². The molecule has 0 saturated carbocycles. The van der Waals surface area contributed by atoms with Crippen molar-refractivity contribution >= 4 is 0 Å². The Labute approximate surface area is 166 Å². The van der Waals surface area contributed by atoms with Crippen molar-refractivity contribution < 1.29 is 14.2 Å². The van der Waals surface area contributed by atoms with Gasteiger partial charge in [0.25, 0.3) is 0 Å². The summed E-state index contributed by atoms with van der Waals surface area (Å²) >= 11 is 0. The molecule has 0 N–H and O–H groups in total. The summed E-state index contributed by atoms with van der Waals surface area (Å²) in [6, 6.07) is 6.94. The maximum absolute atomic E-state index is 13.2. The van der Waals surface area contributed by atoms with Crippen LogP contribution in [0.1, 0.15) is 103 Å². The fourth-order valence-electron chi connectivity index (χ4n) is 3.33. The number of rotatable bonds is 17. The molecule has 1 rings (SSSR count). The third kappa shape index (κ3) is 13.8. The van der Waals surface area contributed by atoms with Crippen LogP contribution in [0, 0.1) is 5.82 Å². The summed E-state index contributed by atoms with van der Waals surface area (Å²) in [5, 5.41) is 0. The lowest BCUT2D eigenvalue weighted by Gasteiger charge is -2.18. The van der Waals surface area contributed by atoms with E-state index in [1.54, 1.807) is 12.1 Å². The normalized spacial score (nSPS) is 12.6. The zero-order valence-electron chi connectivity index (χ0n) is 17.9. The number of hydrogen-bond donors (Lipinski definition) is 0. The van der Waals surface area contributed by atoms with E-state index in [1.807, 2.05) is 19.9 Å². The van der Waals surface area contributed by atoms with Gasteiger partial charge in [0, 0.05) is 0 Å². The molecule has 0 aliphatic carbocycles. The maximum Gasteiger partial charge on any atom is 0.123 e. The van der Waals surface area contributed by atoms with Crippen molar-refractivity contribution in [2.24, 2.45) is 0 Å². The van der Waals surface area contributed by atoms with Gasteiger partial charge in [-0.3, -0.25) is 0 Å². The van der Waals surface area contributed by atoms with Gasteiger partial charge in [-0.1, -0.05) is 76.8 Å². The molecule has 1 atom stereocenters. The number of hydrogen-bond acceptors (Lipinski definition) is 2. The summed E-state index contributed by atoms with van der Waals surface area (Å²) < 4.78 is 13.2. The van der Waals surface area contributed by atoms with Gasteiger partial charge >= 0.3 is 0 Å². The van der Waals surface area contributed by atoms with Crippen LogP contribution in [-0.2, 0) is 16.2 Å². The molecule has 156 valence electrons. The molecule has 3 heteroatoms. The molecule has 0 bridgehead atoms. The molecular weight excluding hydrogens is 339 g/mol. The van der Waals surface area contributed by atoms with Gasteiger partial charge in [-0.15, -0.1) is 0 Å². The molecule has 1 aromatic carbocycles. The molecule has 1 unspecified atom stereocenters. The SMILES string of the molecule is CCCCCCCCCC(CCCCCc1cccc(F)c1)OOC(C)C. The minimum absolute atomic E-state index is 0.106. The first kappa shape index (κ1) is 24.1. The van der Waals surface area contributed by atoms with Crippen LogP contribution >= 0.6 is 0 Å². The van der Waals surface area contributed by atoms with Crippen molar-refractivity contribution in [2.75, 3.05) is 0 Å². The first-order chi connectivity index (χ1) is 13.1. The van der Waals surface area contributed by atoms with Crippen LogP contribution in [0.3, 0.4) is 0 Å². The van der Waals surface area contributed by atoms with Crippen molar-refractivity contribution in [3.05, 3.63) is 35.6 Å². The monoisotopic (exact) mass is 380 g/mol. The molecule has 0 aliphatic heterocycles. The predicted octanol–water partition coefficient (Wildman–Crippen LogP) is 7.79. The summed E-state index contributed by atoms with van der Waals surface area (Å²) in [5.41, 5.74) is 1.09. The number of unbranched alkanes of at least 4 members (excludes halogenated alkanes) is 8. The van der Waals surface area contributed by atoms with Crippen LogP contribution in [0.5, 0.6) is 0 Å². The van der Waals surface area contributed by atoms with Gasteiger partial charge < -0.3 is 0 Å². The van der Waals surface area contributed by atoms with Crippen LogP contribution < -0.4 is 0 Å². The van der Waals surface area contributed by atoms with Crippen molar-refractivity contribution in [1.82, 2.24) is 0 Å². The van der Waals surface area contributed by atoms with E-state index in [-0.39, 0.29) is 18.0 Å². The third-order valence-electron chi connectivity index (χ3n) is 4.89. The van der Waals surface area contributed by atoms with E-state index in [0.717, 1.165) is 44.1 Å². The smallest absolute Gasteiger partial charge is 0.123 e. The van der Waals surface area contributed by atoms with Gasteiger partial charge in [-0.05, 0) is 57.2 Å². The number of benzene rings is 1. The molecule has 0 saturated heterocycles. The molecule has 0 aromatic heterocycles. The number of halogens is 1. The fraction of sp³-hybridized carbons (Fsp3) is 0.750.